The lowest BCUT2D eigenvalue weighted by atomic mass is 10.2. The molecule has 2 aromatic rings. The number of aryl methyl sites for hydroxylation is 1. The second kappa shape index (κ2) is 12.0. The molecule has 0 radical (unpaired) electrons. The molecule has 0 spiro atoms. The minimum atomic E-state index is -4.02. The standard InChI is InChI=1S/C10H13N5O6.C7H8O3S/c1-19-7-3-4-8(20-2)9(21-15(17)18)6(7)5-12-13-10(11)14-16;1-6-2-4-7(5-3-6)11(8,9)10/h3-5,16H,1-2H3,(H3,11,13,14);2-5H,1H3,(H,8,9,10). The summed E-state index contributed by atoms with van der Waals surface area (Å²) in [7, 11) is -1.34. The maximum absolute atomic E-state index is 10.6. The molecule has 0 saturated heterocycles. The van der Waals surface area contributed by atoms with Gasteiger partial charge < -0.3 is 15.2 Å². The highest BCUT2D eigenvalue weighted by Crippen LogP contribution is 2.36. The van der Waals surface area contributed by atoms with Crippen molar-refractivity contribution >= 4 is 22.3 Å². The lowest BCUT2D eigenvalue weighted by molar-refractivity contribution is -0.711. The van der Waals surface area contributed by atoms with Crippen molar-refractivity contribution in [1.29, 1.82) is 0 Å². The Kier molecular flexibility index (Phi) is 9.81. The van der Waals surface area contributed by atoms with E-state index in [9.17, 15) is 18.5 Å². The SMILES string of the molecule is COc1ccc(OC)c(O[N+](=O)[O-])c1C=NN=C(N)NO.Cc1ccc(S(=O)(=O)O)cc1. The molecular weight excluding hydrogens is 450 g/mol. The Morgan fingerprint density at radius 1 is 1.16 bits per heavy atom. The Morgan fingerprint density at radius 2 is 1.72 bits per heavy atom. The van der Waals surface area contributed by atoms with Crippen LogP contribution < -0.4 is 25.5 Å². The maximum atomic E-state index is 10.6. The molecule has 0 heterocycles. The monoisotopic (exact) mass is 471 g/mol. The topological polar surface area (TPSA) is 208 Å². The highest BCUT2D eigenvalue weighted by Gasteiger charge is 2.17. The number of guanidine groups is 1. The Hall–Kier alpha value is -3.95. The fourth-order valence-corrected chi connectivity index (χ4v) is 2.55. The number of rotatable bonds is 7. The van der Waals surface area contributed by atoms with Crippen molar-refractivity contribution < 1.29 is 37.6 Å². The number of nitrogens with zero attached hydrogens (tertiary/aromatic N) is 3. The molecule has 32 heavy (non-hydrogen) atoms. The van der Waals surface area contributed by atoms with Crippen LogP contribution >= 0.6 is 0 Å². The van der Waals surface area contributed by atoms with Crippen LogP contribution in [0.5, 0.6) is 17.2 Å². The molecule has 0 fully saturated rings. The van der Waals surface area contributed by atoms with E-state index in [1.807, 2.05) is 6.92 Å². The van der Waals surface area contributed by atoms with Crippen LogP contribution in [-0.4, -0.2) is 49.7 Å². The van der Waals surface area contributed by atoms with Crippen molar-refractivity contribution in [3.8, 4) is 17.2 Å². The predicted octanol–water partition coefficient (Wildman–Crippen LogP) is 1.14. The average Bonchev–Trinajstić information content (AvgIpc) is 2.74. The minimum absolute atomic E-state index is 0.0666. The molecule has 2 rings (SSSR count). The van der Waals surface area contributed by atoms with E-state index in [2.05, 4.69) is 15.0 Å². The summed E-state index contributed by atoms with van der Waals surface area (Å²) >= 11 is 0. The first-order valence-electron chi connectivity index (χ1n) is 8.41. The number of benzene rings is 2. The Balaban J connectivity index is 0.000000389. The molecule has 0 amide bonds. The number of hydrogen-bond donors (Lipinski definition) is 4. The number of hydrogen-bond acceptors (Lipinski definition) is 10. The van der Waals surface area contributed by atoms with Gasteiger partial charge in [-0.2, -0.15) is 13.5 Å². The van der Waals surface area contributed by atoms with E-state index in [-0.39, 0.29) is 33.7 Å². The summed E-state index contributed by atoms with van der Waals surface area (Å²) < 4.78 is 39.6. The van der Waals surface area contributed by atoms with Gasteiger partial charge in [-0.25, -0.2) is 5.48 Å². The van der Waals surface area contributed by atoms with E-state index < -0.39 is 15.2 Å². The van der Waals surface area contributed by atoms with Crippen molar-refractivity contribution in [2.75, 3.05) is 14.2 Å². The van der Waals surface area contributed by atoms with Crippen LogP contribution in [0.4, 0.5) is 0 Å². The van der Waals surface area contributed by atoms with Crippen molar-refractivity contribution in [3.63, 3.8) is 0 Å². The van der Waals surface area contributed by atoms with Crippen molar-refractivity contribution in [2.45, 2.75) is 11.8 Å². The van der Waals surface area contributed by atoms with E-state index in [1.165, 1.54) is 38.5 Å². The Labute approximate surface area is 182 Å². The fourth-order valence-electron chi connectivity index (χ4n) is 2.07. The summed E-state index contributed by atoms with van der Waals surface area (Å²) in [5.41, 5.74) is 7.80. The van der Waals surface area contributed by atoms with Crippen molar-refractivity contribution in [3.05, 3.63) is 57.6 Å². The van der Waals surface area contributed by atoms with Crippen LogP contribution in [0, 0.1) is 17.0 Å². The van der Waals surface area contributed by atoms with Gasteiger partial charge in [0.2, 0.25) is 5.96 Å². The number of ether oxygens (including phenoxy) is 2. The van der Waals surface area contributed by atoms with Gasteiger partial charge in [-0.3, -0.25) is 14.6 Å². The summed E-state index contributed by atoms with van der Waals surface area (Å²) in [6, 6.07) is 8.92. The van der Waals surface area contributed by atoms with Crippen LogP contribution in [-0.2, 0) is 10.1 Å². The molecule has 0 saturated carbocycles. The molecule has 14 nitrogen and oxygen atoms in total. The molecule has 174 valence electrons. The Morgan fingerprint density at radius 3 is 2.19 bits per heavy atom. The molecule has 0 aromatic heterocycles. The number of nitrogens with one attached hydrogen (secondary N) is 1. The first-order chi connectivity index (χ1) is 15.0. The molecule has 0 unspecified atom stereocenters. The van der Waals surface area contributed by atoms with Gasteiger partial charge in [-0.1, -0.05) is 17.7 Å². The van der Waals surface area contributed by atoms with Crippen LogP contribution in [0.15, 0.2) is 51.5 Å². The van der Waals surface area contributed by atoms with E-state index in [4.69, 9.17) is 25.0 Å². The second-order valence-corrected chi connectivity index (χ2v) is 7.08. The van der Waals surface area contributed by atoms with Crippen LogP contribution in [0.1, 0.15) is 11.1 Å². The lowest BCUT2D eigenvalue weighted by Gasteiger charge is -2.12. The fraction of sp³-hybridized carbons (Fsp3) is 0.176. The highest BCUT2D eigenvalue weighted by atomic mass is 32.2. The first kappa shape index (κ1) is 26.1. The van der Waals surface area contributed by atoms with Gasteiger partial charge in [-0.05, 0) is 31.2 Å². The van der Waals surface area contributed by atoms with Gasteiger partial charge in [0, 0.05) is 0 Å². The number of methoxy groups -OCH3 is 2. The van der Waals surface area contributed by atoms with Crippen LogP contribution in [0.25, 0.3) is 0 Å². The molecule has 0 atom stereocenters. The first-order valence-corrected chi connectivity index (χ1v) is 9.85. The lowest BCUT2D eigenvalue weighted by Crippen LogP contribution is -2.27. The molecular formula is C17H21N5O9S. The van der Waals surface area contributed by atoms with Crippen molar-refractivity contribution in [1.82, 2.24) is 5.48 Å². The van der Waals surface area contributed by atoms with Gasteiger partial charge in [-0.15, -0.1) is 15.2 Å². The third-order valence-electron chi connectivity index (χ3n) is 3.51. The number of nitrogens with two attached hydrogens (primary N) is 1. The molecule has 15 heteroatoms. The normalized spacial score (nSPS) is 11.3. The Bertz CT molecular complexity index is 1090. The summed E-state index contributed by atoms with van der Waals surface area (Å²) in [5, 5.41) is 24.9. The van der Waals surface area contributed by atoms with E-state index in [0.717, 1.165) is 11.8 Å². The van der Waals surface area contributed by atoms with Gasteiger partial charge in [0.1, 0.15) is 11.5 Å². The average molecular weight is 471 g/mol. The molecule has 5 N–H and O–H groups in total. The van der Waals surface area contributed by atoms with Crippen LogP contribution in [0.2, 0.25) is 0 Å². The summed E-state index contributed by atoms with van der Waals surface area (Å²) in [4.78, 5) is 15.0. The van der Waals surface area contributed by atoms with Gasteiger partial charge in [0.15, 0.2) is 5.75 Å². The summed E-state index contributed by atoms with van der Waals surface area (Å²) in [5.74, 6) is -0.241. The largest absolute Gasteiger partial charge is 0.496 e. The maximum Gasteiger partial charge on any atom is 0.299 e. The smallest absolute Gasteiger partial charge is 0.299 e. The van der Waals surface area contributed by atoms with Crippen LogP contribution in [0.3, 0.4) is 0 Å². The zero-order valence-corrected chi connectivity index (χ0v) is 17.9. The third kappa shape index (κ3) is 8.05. The molecule has 0 aliphatic heterocycles. The summed E-state index contributed by atoms with van der Waals surface area (Å²) in [6.07, 6.45) is 1.10. The quantitative estimate of drug-likeness (QED) is 0.148. The van der Waals surface area contributed by atoms with E-state index in [0.29, 0.717) is 0 Å². The zero-order chi connectivity index (χ0) is 24.3. The molecule has 0 bridgehead atoms. The highest BCUT2D eigenvalue weighted by molar-refractivity contribution is 7.85. The van der Waals surface area contributed by atoms with E-state index >= 15 is 0 Å². The van der Waals surface area contributed by atoms with E-state index in [1.54, 1.807) is 17.6 Å². The van der Waals surface area contributed by atoms with Gasteiger partial charge in [0.25, 0.3) is 15.2 Å². The van der Waals surface area contributed by atoms with Gasteiger partial charge in [0.05, 0.1) is 30.9 Å². The van der Waals surface area contributed by atoms with Gasteiger partial charge >= 0.3 is 0 Å². The predicted molar refractivity (Wildman–Crippen MR) is 112 cm³/mol. The summed E-state index contributed by atoms with van der Waals surface area (Å²) in [6.45, 7) is 1.84. The zero-order valence-electron chi connectivity index (χ0n) is 17.1. The molecule has 2 aromatic carbocycles. The molecule has 0 aliphatic carbocycles. The molecule has 0 aliphatic rings. The minimum Gasteiger partial charge on any atom is -0.496 e. The number of hydroxylamine groups is 1. The second-order valence-electron chi connectivity index (χ2n) is 5.66. The third-order valence-corrected chi connectivity index (χ3v) is 4.38. The van der Waals surface area contributed by atoms with Crippen molar-refractivity contribution in [2.24, 2.45) is 15.9 Å².